The summed E-state index contributed by atoms with van der Waals surface area (Å²) in [5, 5.41) is 10.2. The number of hydrogen-bond donors (Lipinski definition) is 0. The molecule has 0 saturated carbocycles. The van der Waals surface area contributed by atoms with E-state index in [9.17, 15) is 13.2 Å². The molecule has 0 amide bonds. The van der Waals surface area contributed by atoms with Crippen molar-refractivity contribution in [3.8, 4) is 0 Å². The van der Waals surface area contributed by atoms with Crippen molar-refractivity contribution in [2.45, 2.75) is 23.0 Å². The zero-order chi connectivity index (χ0) is 17.6. The first-order chi connectivity index (χ1) is 12.0. The average Bonchev–Trinajstić information content (AvgIpc) is 3.00. The maximum atomic E-state index is 12.9. The third kappa shape index (κ3) is 2.85. The number of fused-ring (bicyclic) bond motifs is 2. The first-order valence-corrected chi connectivity index (χ1v) is 10.4. The Kier molecular flexibility index (Phi) is 3.88. The molecule has 128 valence electrons. The largest absolute Gasteiger partial charge is 0.280 e. The van der Waals surface area contributed by atoms with Gasteiger partial charge in [-0.15, -0.1) is 10.2 Å². The van der Waals surface area contributed by atoms with Gasteiger partial charge in [0.15, 0.2) is 15.0 Å². The Morgan fingerprint density at radius 1 is 1.16 bits per heavy atom. The lowest BCUT2D eigenvalue weighted by Gasteiger charge is -2.14. The van der Waals surface area contributed by atoms with E-state index in [1.807, 2.05) is 24.3 Å². The van der Waals surface area contributed by atoms with Crippen molar-refractivity contribution < 1.29 is 8.42 Å². The van der Waals surface area contributed by atoms with E-state index in [0.717, 1.165) is 10.8 Å². The molecule has 1 aliphatic rings. The van der Waals surface area contributed by atoms with E-state index in [0.29, 0.717) is 10.9 Å². The Labute approximate surface area is 148 Å². The highest BCUT2D eigenvalue weighted by atomic mass is 32.2. The van der Waals surface area contributed by atoms with Crippen molar-refractivity contribution in [2.75, 3.05) is 11.5 Å². The van der Waals surface area contributed by atoms with Gasteiger partial charge in [0.1, 0.15) is 5.69 Å². The molecule has 0 fully saturated rings. The molecule has 1 aromatic heterocycles. The van der Waals surface area contributed by atoms with Gasteiger partial charge in [-0.05, 0) is 29.8 Å². The molecule has 0 saturated heterocycles. The molecule has 1 atom stereocenters. The van der Waals surface area contributed by atoms with Crippen LogP contribution in [0.25, 0.3) is 10.8 Å². The Bertz CT molecular complexity index is 1140. The fourth-order valence-electron chi connectivity index (χ4n) is 2.97. The summed E-state index contributed by atoms with van der Waals surface area (Å²) in [5.41, 5.74) is 0.00747. The zero-order valence-electron chi connectivity index (χ0n) is 13.4. The predicted molar refractivity (Wildman–Crippen MR) is 96.8 cm³/mol. The van der Waals surface area contributed by atoms with Gasteiger partial charge in [0.2, 0.25) is 0 Å². The van der Waals surface area contributed by atoms with Crippen LogP contribution >= 0.6 is 11.8 Å². The van der Waals surface area contributed by atoms with Crippen LogP contribution in [0.1, 0.15) is 11.7 Å². The minimum atomic E-state index is -3.53. The monoisotopic (exact) mass is 373 g/mol. The molecule has 0 N–H and O–H groups in total. The zero-order valence-corrected chi connectivity index (χ0v) is 15.0. The lowest BCUT2D eigenvalue weighted by atomic mass is 10.1. The second kappa shape index (κ2) is 5.96. The van der Waals surface area contributed by atoms with Gasteiger partial charge in [0, 0.05) is 5.75 Å². The molecular formula is C17H15N3O3S2. The summed E-state index contributed by atoms with van der Waals surface area (Å²) in [5.74, 6) is 0.372. The smallest absolute Gasteiger partial charge is 0.276 e. The van der Waals surface area contributed by atoms with Crippen LogP contribution in [0.15, 0.2) is 57.3 Å². The Morgan fingerprint density at radius 3 is 2.72 bits per heavy atom. The first-order valence-electron chi connectivity index (χ1n) is 7.76. The molecule has 25 heavy (non-hydrogen) atoms. The SMILES string of the molecule is Cc1nnc2n(c1=O)[C@H](CS(=O)(=O)c1ccc3ccccc3c1)CS2. The third-order valence-electron chi connectivity index (χ3n) is 4.28. The fraction of sp³-hybridized carbons (Fsp3) is 0.235. The number of thioether (sulfide) groups is 1. The fourth-order valence-corrected chi connectivity index (χ4v) is 5.74. The summed E-state index contributed by atoms with van der Waals surface area (Å²) in [6.45, 7) is 1.58. The molecule has 0 unspecified atom stereocenters. The number of nitrogens with zero attached hydrogens (tertiary/aromatic N) is 3. The normalized spacial score (nSPS) is 16.9. The highest BCUT2D eigenvalue weighted by molar-refractivity contribution is 7.99. The van der Waals surface area contributed by atoms with E-state index in [2.05, 4.69) is 10.2 Å². The van der Waals surface area contributed by atoms with E-state index >= 15 is 0 Å². The standard InChI is InChI=1S/C17H15N3O3S2/c1-11-16(21)20-14(9-24-17(20)19-18-11)10-25(22,23)15-7-6-12-4-2-3-5-13(12)8-15/h2-8,14H,9-10H2,1H3/t14-/m0/s1. The maximum Gasteiger partial charge on any atom is 0.276 e. The van der Waals surface area contributed by atoms with Crippen LogP contribution in [0.4, 0.5) is 0 Å². The number of hydrogen-bond acceptors (Lipinski definition) is 6. The average molecular weight is 373 g/mol. The van der Waals surface area contributed by atoms with Gasteiger partial charge >= 0.3 is 0 Å². The van der Waals surface area contributed by atoms with Crippen LogP contribution in [-0.4, -0.2) is 34.7 Å². The van der Waals surface area contributed by atoms with Crippen LogP contribution in [0.5, 0.6) is 0 Å². The minimum absolute atomic E-state index is 0.129. The maximum absolute atomic E-state index is 12.9. The van der Waals surface area contributed by atoms with E-state index in [1.54, 1.807) is 25.1 Å². The van der Waals surface area contributed by atoms with Gasteiger partial charge in [-0.2, -0.15) is 0 Å². The summed E-state index contributed by atoms with van der Waals surface area (Å²) in [4.78, 5) is 12.6. The number of aryl methyl sites for hydroxylation is 1. The molecule has 4 rings (SSSR count). The van der Waals surface area contributed by atoms with Crippen molar-refractivity contribution in [2.24, 2.45) is 0 Å². The van der Waals surface area contributed by atoms with Crippen molar-refractivity contribution in [3.05, 3.63) is 58.5 Å². The van der Waals surface area contributed by atoms with E-state index in [1.165, 1.54) is 16.3 Å². The van der Waals surface area contributed by atoms with Crippen LogP contribution in [-0.2, 0) is 9.84 Å². The number of aromatic nitrogens is 3. The first kappa shape index (κ1) is 16.3. The van der Waals surface area contributed by atoms with Gasteiger partial charge in [-0.3, -0.25) is 9.36 Å². The van der Waals surface area contributed by atoms with Crippen molar-refractivity contribution in [1.29, 1.82) is 0 Å². The van der Waals surface area contributed by atoms with Gasteiger partial charge in [-0.1, -0.05) is 42.1 Å². The molecule has 8 heteroatoms. The topological polar surface area (TPSA) is 81.9 Å². The molecule has 2 aromatic carbocycles. The lowest BCUT2D eigenvalue weighted by molar-refractivity contribution is 0.510. The quantitative estimate of drug-likeness (QED) is 0.700. The summed E-state index contributed by atoms with van der Waals surface area (Å²) < 4.78 is 27.2. The van der Waals surface area contributed by atoms with E-state index in [-0.39, 0.29) is 21.9 Å². The molecular weight excluding hydrogens is 358 g/mol. The number of rotatable bonds is 3. The number of sulfone groups is 1. The van der Waals surface area contributed by atoms with Crippen molar-refractivity contribution in [1.82, 2.24) is 14.8 Å². The summed E-state index contributed by atoms with van der Waals surface area (Å²) in [7, 11) is -3.53. The molecule has 0 aliphatic carbocycles. The molecule has 3 aromatic rings. The van der Waals surface area contributed by atoms with E-state index in [4.69, 9.17) is 0 Å². The Hall–Kier alpha value is -2.19. The third-order valence-corrected chi connectivity index (χ3v) is 7.17. The van der Waals surface area contributed by atoms with Gasteiger partial charge in [0.05, 0.1) is 16.7 Å². The molecule has 1 aliphatic heterocycles. The minimum Gasteiger partial charge on any atom is -0.280 e. The molecule has 0 radical (unpaired) electrons. The summed E-state index contributed by atoms with van der Waals surface area (Å²) in [6, 6.07) is 12.3. The second-order valence-electron chi connectivity index (χ2n) is 6.00. The molecule has 6 nitrogen and oxygen atoms in total. The molecule has 2 heterocycles. The predicted octanol–water partition coefficient (Wildman–Crippen LogP) is 2.22. The van der Waals surface area contributed by atoms with Gasteiger partial charge in [0.25, 0.3) is 5.56 Å². The molecule has 0 spiro atoms. The van der Waals surface area contributed by atoms with Crippen LogP contribution in [0.3, 0.4) is 0 Å². The second-order valence-corrected chi connectivity index (χ2v) is 9.02. The van der Waals surface area contributed by atoms with Gasteiger partial charge < -0.3 is 0 Å². The Balaban J connectivity index is 1.71. The van der Waals surface area contributed by atoms with Crippen molar-refractivity contribution >= 4 is 32.4 Å². The summed E-state index contributed by atoms with van der Waals surface area (Å²) in [6.07, 6.45) is 0. The number of benzene rings is 2. The molecule has 0 bridgehead atoms. The Morgan fingerprint density at radius 2 is 1.92 bits per heavy atom. The highest BCUT2D eigenvalue weighted by Crippen LogP contribution is 2.32. The lowest BCUT2D eigenvalue weighted by Crippen LogP contribution is -2.31. The van der Waals surface area contributed by atoms with Crippen LogP contribution < -0.4 is 5.56 Å². The highest BCUT2D eigenvalue weighted by Gasteiger charge is 2.31. The van der Waals surface area contributed by atoms with Crippen molar-refractivity contribution in [3.63, 3.8) is 0 Å². The van der Waals surface area contributed by atoms with Gasteiger partial charge in [-0.25, -0.2) is 8.42 Å². The van der Waals surface area contributed by atoms with Crippen LogP contribution in [0.2, 0.25) is 0 Å². The van der Waals surface area contributed by atoms with E-state index < -0.39 is 15.9 Å². The van der Waals surface area contributed by atoms with Crippen LogP contribution in [0, 0.1) is 6.92 Å². The summed E-state index contributed by atoms with van der Waals surface area (Å²) >= 11 is 1.36.